The van der Waals surface area contributed by atoms with E-state index in [0.29, 0.717) is 6.54 Å². The fourth-order valence-corrected chi connectivity index (χ4v) is 1.07. The zero-order valence-corrected chi connectivity index (χ0v) is 5.86. The van der Waals surface area contributed by atoms with Crippen LogP contribution in [0.4, 0.5) is 0 Å². The molecule has 1 aliphatic rings. The highest BCUT2D eigenvalue weighted by molar-refractivity contribution is 4.84. The highest BCUT2D eigenvalue weighted by atomic mass is 16.4. The van der Waals surface area contributed by atoms with Crippen molar-refractivity contribution in [2.24, 2.45) is 5.92 Å². The van der Waals surface area contributed by atoms with E-state index in [2.05, 4.69) is 5.32 Å². The minimum atomic E-state index is -1.05. The molecule has 1 fully saturated rings. The van der Waals surface area contributed by atoms with Crippen molar-refractivity contribution in [3.05, 3.63) is 0 Å². The van der Waals surface area contributed by atoms with Crippen molar-refractivity contribution in [3.63, 3.8) is 0 Å². The molecular weight excluding hydrogens is 134 g/mol. The van der Waals surface area contributed by atoms with Crippen LogP contribution < -0.4 is 5.32 Å². The van der Waals surface area contributed by atoms with Crippen LogP contribution in [0.15, 0.2) is 0 Å². The van der Waals surface area contributed by atoms with E-state index in [0.717, 1.165) is 0 Å². The summed E-state index contributed by atoms with van der Waals surface area (Å²) >= 11 is 0. The van der Waals surface area contributed by atoms with E-state index in [1.54, 1.807) is 0 Å². The number of rotatable bonds is 0. The third-order valence-corrected chi connectivity index (χ3v) is 1.91. The average molecular weight is 147 g/mol. The first-order chi connectivity index (χ1) is 4.63. The van der Waals surface area contributed by atoms with Crippen LogP contribution in [0, 0.1) is 5.92 Å². The Morgan fingerprint density at radius 1 is 1.20 bits per heavy atom. The van der Waals surface area contributed by atoms with E-state index in [1.807, 2.05) is 6.92 Å². The Kier molecular flexibility index (Phi) is 2.25. The molecule has 60 valence electrons. The fraction of sp³-hybridized carbons (Fsp3) is 1.00. The van der Waals surface area contributed by atoms with Crippen LogP contribution in [-0.4, -0.2) is 40.3 Å². The maximum atomic E-state index is 9.17. The molecule has 0 radical (unpaired) electrons. The first-order valence-electron chi connectivity index (χ1n) is 3.40. The van der Waals surface area contributed by atoms with Crippen LogP contribution in [0.3, 0.4) is 0 Å². The smallest absolute Gasteiger partial charge is 0.133 e. The van der Waals surface area contributed by atoms with E-state index in [-0.39, 0.29) is 5.92 Å². The second-order valence-corrected chi connectivity index (χ2v) is 2.81. The average Bonchev–Trinajstić information content (AvgIpc) is 1.93. The Labute approximate surface area is 59.5 Å². The zero-order valence-electron chi connectivity index (χ0n) is 5.86. The number of piperidine rings is 1. The Morgan fingerprint density at radius 2 is 1.80 bits per heavy atom. The lowest BCUT2D eigenvalue weighted by Crippen LogP contribution is -2.56. The van der Waals surface area contributed by atoms with E-state index in [4.69, 9.17) is 15.3 Å². The minimum absolute atomic E-state index is 0.00148. The predicted octanol–water partition coefficient (Wildman–Crippen LogP) is -1.73. The summed E-state index contributed by atoms with van der Waals surface area (Å²) in [4.78, 5) is 0. The van der Waals surface area contributed by atoms with Crippen molar-refractivity contribution < 1.29 is 15.3 Å². The van der Waals surface area contributed by atoms with Gasteiger partial charge in [-0.3, -0.25) is 5.32 Å². The minimum Gasteiger partial charge on any atom is -0.390 e. The molecular formula is C6H13NO3. The second-order valence-electron chi connectivity index (χ2n) is 2.81. The highest BCUT2D eigenvalue weighted by Gasteiger charge is 2.33. The molecule has 4 atom stereocenters. The van der Waals surface area contributed by atoms with Crippen molar-refractivity contribution in [1.29, 1.82) is 0 Å². The number of aliphatic hydroxyl groups excluding tert-OH is 3. The molecule has 4 heteroatoms. The van der Waals surface area contributed by atoms with Gasteiger partial charge < -0.3 is 15.3 Å². The summed E-state index contributed by atoms with van der Waals surface area (Å²) in [5.74, 6) is -0.00148. The van der Waals surface area contributed by atoms with Crippen LogP contribution in [0.2, 0.25) is 0 Å². The Morgan fingerprint density at radius 3 is 2.30 bits per heavy atom. The number of aliphatic hydroxyl groups is 3. The molecule has 0 unspecified atom stereocenters. The number of nitrogens with one attached hydrogen (secondary N) is 1. The maximum Gasteiger partial charge on any atom is 0.133 e. The molecule has 0 amide bonds. The molecule has 1 heterocycles. The summed E-state index contributed by atoms with van der Waals surface area (Å²) in [6.07, 6.45) is -2.84. The molecule has 0 aromatic heterocycles. The lowest BCUT2D eigenvalue weighted by atomic mass is 9.95. The van der Waals surface area contributed by atoms with Gasteiger partial charge in [0.05, 0.1) is 6.10 Å². The fourth-order valence-electron chi connectivity index (χ4n) is 1.07. The second kappa shape index (κ2) is 2.84. The van der Waals surface area contributed by atoms with Gasteiger partial charge >= 0.3 is 0 Å². The molecule has 0 bridgehead atoms. The molecule has 0 aromatic carbocycles. The van der Waals surface area contributed by atoms with Gasteiger partial charge in [0.15, 0.2) is 0 Å². The quantitative estimate of drug-likeness (QED) is 0.328. The van der Waals surface area contributed by atoms with Gasteiger partial charge in [-0.15, -0.1) is 0 Å². The molecule has 0 saturated carbocycles. The molecule has 0 aromatic rings. The predicted molar refractivity (Wildman–Crippen MR) is 35.2 cm³/mol. The van der Waals surface area contributed by atoms with Gasteiger partial charge in [0.2, 0.25) is 0 Å². The summed E-state index contributed by atoms with van der Waals surface area (Å²) in [7, 11) is 0. The molecule has 0 aliphatic carbocycles. The SMILES string of the molecule is C[C@H]1CN[C@@H](O)[C@@H](O)[C@@H]1O. The standard InChI is InChI=1S/C6H13NO3/c1-3-2-7-6(10)5(9)4(3)8/h3-10H,2H2,1H3/t3-,4+,5-,6-/m0/s1. The van der Waals surface area contributed by atoms with Crippen LogP contribution in [0.1, 0.15) is 6.92 Å². The van der Waals surface area contributed by atoms with Gasteiger partial charge in [0.1, 0.15) is 12.3 Å². The Hall–Kier alpha value is -0.160. The van der Waals surface area contributed by atoms with Crippen molar-refractivity contribution in [3.8, 4) is 0 Å². The molecule has 0 spiro atoms. The van der Waals surface area contributed by atoms with Gasteiger partial charge in [-0.1, -0.05) is 6.92 Å². The lowest BCUT2D eigenvalue weighted by molar-refractivity contribution is -0.113. The first-order valence-corrected chi connectivity index (χ1v) is 3.40. The number of hydrogen-bond acceptors (Lipinski definition) is 4. The van der Waals surface area contributed by atoms with Gasteiger partial charge in [-0.2, -0.15) is 0 Å². The van der Waals surface area contributed by atoms with Crippen molar-refractivity contribution in [2.75, 3.05) is 6.54 Å². The van der Waals surface area contributed by atoms with Gasteiger partial charge in [0.25, 0.3) is 0 Å². The zero-order chi connectivity index (χ0) is 7.72. The maximum absolute atomic E-state index is 9.17. The van der Waals surface area contributed by atoms with Crippen molar-refractivity contribution >= 4 is 0 Å². The molecule has 10 heavy (non-hydrogen) atoms. The van der Waals surface area contributed by atoms with Gasteiger partial charge in [-0.25, -0.2) is 0 Å². The normalized spacial score (nSPS) is 49.2. The lowest BCUT2D eigenvalue weighted by Gasteiger charge is -2.33. The molecule has 1 aliphatic heterocycles. The van der Waals surface area contributed by atoms with E-state index in [9.17, 15) is 0 Å². The van der Waals surface area contributed by atoms with Gasteiger partial charge in [0, 0.05) is 6.54 Å². The largest absolute Gasteiger partial charge is 0.390 e. The third kappa shape index (κ3) is 1.29. The first kappa shape index (κ1) is 7.94. The summed E-state index contributed by atoms with van der Waals surface area (Å²) in [5.41, 5.74) is 0. The van der Waals surface area contributed by atoms with Gasteiger partial charge in [-0.05, 0) is 5.92 Å². The van der Waals surface area contributed by atoms with Crippen molar-refractivity contribution in [2.45, 2.75) is 25.4 Å². The van der Waals surface area contributed by atoms with Crippen LogP contribution >= 0.6 is 0 Å². The van der Waals surface area contributed by atoms with Crippen LogP contribution in [-0.2, 0) is 0 Å². The molecule has 1 rings (SSSR count). The number of hydrogen-bond donors (Lipinski definition) is 4. The monoisotopic (exact) mass is 147 g/mol. The van der Waals surface area contributed by atoms with Crippen LogP contribution in [0.5, 0.6) is 0 Å². The Bertz CT molecular complexity index is 106. The van der Waals surface area contributed by atoms with Crippen molar-refractivity contribution in [1.82, 2.24) is 5.32 Å². The highest BCUT2D eigenvalue weighted by Crippen LogP contribution is 2.13. The van der Waals surface area contributed by atoms with E-state index >= 15 is 0 Å². The summed E-state index contributed by atoms with van der Waals surface area (Å²) in [6.45, 7) is 2.35. The third-order valence-electron chi connectivity index (χ3n) is 1.91. The summed E-state index contributed by atoms with van der Waals surface area (Å²) in [5, 5.41) is 29.8. The van der Waals surface area contributed by atoms with E-state index < -0.39 is 18.4 Å². The summed E-state index contributed by atoms with van der Waals surface area (Å²) < 4.78 is 0. The van der Waals surface area contributed by atoms with Crippen LogP contribution in [0.25, 0.3) is 0 Å². The Balaban J connectivity index is 2.52. The topological polar surface area (TPSA) is 72.7 Å². The molecule has 4 N–H and O–H groups in total. The van der Waals surface area contributed by atoms with E-state index in [1.165, 1.54) is 0 Å². The molecule has 4 nitrogen and oxygen atoms in total. The molecule has 1 saturated heterocycles. The summed E-state index contributed by atoms with van der Waals surface area (Å²) in [6, 6.07) is 0.